The van der Waals surface area contributed by atoms with Gasteiger partial charge in [-0.25, -0.2) is 0 Å². The molecule has 0 aliphatic heterocycles. The van der Waals surface area contributed by atoms with Crippen LogP contribution < -0.4 is 11.1 Å². The van der Waals surface area contributed by atoms with Crippen LogP contribution in [-0.2, 0) is 18.1 Å². The normalized spacial score (nSPS) is 12.9. The van der Waals surface area contributed by atoms with Crippen molar-refractivity contribution in [1.82, 2.24) is 0 Å². The maximum absolute atomic E-state index is 11.8. The predicted octanol–water partition coefficient (Wildman–Crippen LogP) is 6.50. The molecule has 0 aromatic heterocycles. The molecule has 2 atom stereocenters. The minimum Gasteiger partial charge on any atom is -0.373 e. The van der Waals surface area contributed by atoms with Crippen molar-refractivity contribution in [3.05, 3.63) is 78.4 Å². The minimum atomic E-state index is -3.15. The average Bonchev–Trinajstić information content (AvgIpc) is 2.90. The van der Waals surface area contributed by atoms with E-state index in [0.717, 1.165) is 36.1 Å². The molecule has 2 aromatic rings. The fourth-order valence-electron chi connectivity index (χ4n) is 4.19. The molecule has 0 spiro atoms. The van der Waals surface area contributed by atoms with Crippen molar-refractivity contribution in [3.63, 3.8) is 0 Å². The van der Waals surface area contributed by atoms with Gasteiger partial charge in [0, 0.05) is 37.0 Å². The van der Waals surface area contributed by atoms with E-state index in [2.05, 4.69) is 69.1 Å². The van der Waals surface area contributed by atoms with Crippen LogP contribution in [-0.4, -0.2) is 41.1 Å². The molecular weight excluding hydrogens is 583 g/mol. The molecule has 0 aliphatic carbocycles. The topological polar surface area (TPSA) is 82.8 Å². The summed E-state index contributed by atoms with van der Waals surface area (Å²) in [7, 11) is -3.15. The van der Waals surface area contributed by atoms with Crippen LogP contribution in [0.25, 0.3) is 0 Å². The van der Waals surface area contributed by atoms with E-state index in [1.54, 1.807) is 0 Å². The summed E-state index contributed by atoms with van der Waals surface area (Å²) in [6, 6.07) is 18.3. The van der Waals surface area contributed by atoms with Gasteiger partial charge >= 0.3 is 8.80 Å². The highest BCUT2D eigenvalue weighted by atomic mass is 127. The highest BCUT2D eigenvalue weighted by Crippen LogP contribution is 2.45. The fraction of sp³-hybridized carbons (Fsp3) is 0.464. The van der Waals surface area contributed by atoms with Crippen molar-refractivity contribution in [2.24, 2.45) is 5.73 Å². The molecule has 1 amide bonds. The smallest absolute Gasteiger partial charge is 0.373 e. The zero-order valence-corrected chi connectivity index (χ0v) is 25.2. The molecule has 3 N–H and O–H groups in total. The Kier molecular flexibility index (Phi) is 16.1. The summed E-state index contributed by atoms with van der Waals surface area (Å²) < 4.78 is 19.8. The molecule has 8 heteroatoms. The zero-order chi connectivity index (χ0) is 25.5. The van der Waals surface area contributed by atoms with Crippen LogP contribution in [0.4, 0.5) is 5.69 Å². The Hall–Kier alpha value is -1.56. The molecule has 0 saturated carbocycles. The Morgan fingerprint density at radius 1 is 0.917 bits per heavy atom. The van der Waals surface area contributed by atoms with Crippen molar-refractivity contribution < 1.29 is 18.1 Å². The SMILES string of the molecule is C=CC(=O)Nc1ccc(C(c2ccccc2)C(CCN)[Si](OCCC)(OCCC)OCCC)cc1.I. The summed E-state index contributed by atoms with van der Waals surface area (Å²) in [6.45, 7) is 12.1. The summed E-state index contributed by atoms with van der Waals surface area (Å²) in [6.07, 6.45) is 4.60. The predicted molar refractivity (Wildman–Crippen MR) is 161 cm³/mol. The van der Waals surface area contributed by atoms with E-state index in [-0.39, 0.29) is 41.3 Å². The number of amides is 1. The van der Waals surface area contributed by atoms with Crippen LogP contribution in [0.1, 0.15) is 63.5 Å². The summed E-state index contributed by atoms with van der Waals surface area (Å²) in [4.78, 5) is 11.8. The largest absolute Gasteiger partial charge is 0.505 e. The maximum atomic E-state index is 11.8. The fourth-order valence-corrected chi connectivity index (χ4v) is 7.86. The number of nitrogens with one attached hydrogen (secondary N) is 1. The lowest BCUT2D eigenvalue weighted by Crippen LogP contribution is -2.53. The number of hydrogen-bond donors (Lipinski definition) is 2. The molecule has 200 valence electrons. The number of anilines is 1. The second kappa shape index (κ2) is 17.8. The van der Waals surface area contributed by atoms with Gasteiger partial charge in [0.1, 0.15) is 0 Å². The van der Waals surface area contributed by atoms with Gasteiger partial charge in [0.15, 0.2) is 0 Å². The van der Waals surface area contributed by atoms with Crippen molar-refractivity contribution in [1.29, 1.82) is 0 Å². The first kappa shape index (κ1) is 32.5. The van der Waals surface area contributed by atoms with Gasteiger partial charge in [0.2, 0.25) is 5.91 Å². The Morgan fingerprint density at radius 2 is 1.42 bits per heavy atom. The summed E-state index contributed by atoms with van der Waals surface area (Å²) >= 11 is 0. The molecule has 2 rings (SSSR count). The number of nitrogens with two attached hydrogens (primary N) is 1. The van der Waals surface area contributed by atoms with Crippen LogP contribution >= 0.6 is 24.0 Å². The third kappa shape index (κ3) is 9.39. The monoisotopic (exact) mass is 626 g/mol. The third-order valence-corrected chi connectivity index (χ3v) is 9.09. The minimum absolute atomic E-state index is 0. The quantitative estimate of drug-likeness (QED) is 0.119. The molecule has 0 fully saturated rings. The second-order valence-corrected chi connectivity index (χ2v) is 11.4. The van der Waals surface area contributed by atoms with Crippen LogP contribution in [0, 0.1) is 0 Å². The summed E-state index contributed by atoms with van der Waals surface area (Å²) in [5.74, 6) is -0.278. The van der Waals surface area contributed by atoms with E-state index >= 15 is 0 Å². The average molecular weight is 627 g/mol. The second-order valence-electron chi connectivity index (χ2n) is 8.54. The first-order valence-corrected chi connectivity index (χ1v) is 14.6. The van der Waals surface area contributed by atoms with Crippen molar-refractivity contribution in [3.8, 4) is 0 Å². The zero-order valence-electron chi connectivity index (χ0n) is 21.9. The van der Waals surface area contributed by atoms with Gasteiger partial charge in [0.25, 0.3) is 0 Å². The summed E-state index contributed by atoms with van der Waals surface area (Å²) in [5, 5.41) is 2.82. The number of rotatable bonds is 17. The van der Waals surface area contributed by atoms with Gasteiger partial charge in [0.05, 0.1) is 0 Å². The van der Waals surface area contributed by atoms with Crippen molar-refractivity contribution >= 4 is 44.4 Å². The van der Waals surface area contributed by atoms with E-state index in [1.807, 2.05) is 18.2 Å². The molecule has 2 aromatic carbocycles. The maximum Gasteiger partial charge on any atom is 0.505 e. The number of carbonyl (C=O) groups is 1. The lowest BCUT2D eigenvalue weighted by Gasteiger charge is -2.40. The van der Waals surface area contributed by atoms with Crippen LogP contribution in [0.3, 0.4) is 0 Å². The molecule has 0 saturated heterocycles. The lowest BCUT2D eigenvalue weighted by atomic mass is 9.86. The van der Waals surface area contributed by atoms with E-state index in [1.165, 1.54) is 6.08 Å². The van der Waals surface area contributed by atoms with Gasteiger partial charge in [-0.05, 0) is 61.6 Å². The highest BCUT2D eigenvalue weighted by Gasteiger charge is 2.53. The van der Waals surface area contributed by atoms with Crippen LogP contribution in [0.2, 0.25) is 5.54 Å². The Balaban J connectivity index is 0.00000648. The van der Waals surface area contributed by atoms with E-state index in [0.29, 0.717) is 32.8 Å². The third-order valence-electron chi connectivity index (χ3n) is 5.74. The molecule has 36 heavy (non-hydrogen) atoms. The molecule has 6 nitrogen and oxygen atoms in total. The molecular formula is C28H43IN2O4Si. The van der Waals surface area contributed by atoms with E-state index in [4.69, 9.17) is 19.0 Å². The number of halogens is 1. The van der Waals surface area contributed by atoms with Crippen LogP contribution in [0.5, 0.6) is 0 Å². The molecule has 0 radical (unpaired) electrons. The van der Waals surface area contributed by atoms with E-state index < -0.39 is 8.80 Å². The van der Waals surface area contributed by atoms with E-state index in [9.17, 15) is 4.79 Å². The number of carbonyl (C=O) groups excluding carboxylic acids is 1. The Bertz CT molecular complexity index is 861. The lowest BCUT2D eigenvalue weighted by molar-refractivity contribution is -0.111. The highest BCUT2D eigenvalue weighted by molar-refractivity contribution is 14.0. The summed E-state index contributed by atoms with van der Waals surface area (Å²) in [5.41, 5.74) is 9.11. The molecule has 0 heterocycles. The number of hydrogen-bond acceptors (Lipinski definition) is 5. The van der Waals surface area contributed by atoms with Gasteiger partial charge in [-0.2, -0.15) is 0 Å². The standard InChI is InChI=1S/C28H42N2O4Si.HI/c1-5-20-32-35(33-21-6-2,34-22-7-3)26(18-19-29)28(23-12-10-9-11-13-23)24-14-16-25(17-15-24)30-27(31)8-4;/h8-17,26,28H,4-7,18-22,29H2,1-3H3,(H,30,31);1H. The van der Waals surface area contributed by atoms with Gasteiger partial charge < -0.3 is 24.3 Å². The Morgan fingerprint density at radius 3 is 1.86 bits per heavy atom. The number of benzene rings is 2. The molecule has 0 aliphatic rings. The van der Waals surface area contributed by atoms with Crippen molar-refractivity contribution in [2.45, 2.75) is 57.9 Å². The first-order valence-electron chi connectivity index (χ1n) is 12.7. The first-order chi connectivity index (χ1) is 17.0. The Labute approximate surface area is 235 Å². The van der Waals surface area contributed by atoms with Gasteiger partial charge in [-0.1, -0.05) is 69.8 Å². The van der Waals surface area contributed by atoms with Crippen LogP contribution in [0.15, 0.2) is 67.3 Å². The molecule has 2 unspecified atom stereocenters. The van der Waals surface area contributed by atoms with Crippen molar-refractivity contribution in [2.75, 3.05) is 31.7 Å². The van der Waals surface area contributed by atoms with Gasteiger partial charge in [-0.15, -0.1) is 24.0 Å². The molecule has 0 bridgehead atoms. The van der Waals surface area contributed by atoms with Gasteiger partial charge in [-0.3, -0.25) is 4.79 Å².